The van der Waals surface area contributed by atoms with Crippen LogP contribution in [0.3, 0.4) is 0 Å². The molecule has 0 aliphatic carbocycles. The zero-order valence-corrected chi connectivity index (χ0v) is 25.3. The molecule has 214 valence electrons. The van der Waals surface area contributed by atoms with Crippen LogP contribution in [0.4, 0.5) is 0 Å². The lowest BCUT2D eigenvalue weighted by atomic mass is 9.95. The Morgan fingerprint density at radius 1 is 0.568 bits per heavy atom. The second kappa shape index (κ2) is 10.1. The summed E-state index contributed by atoms with van der Waals surface area (Å²) in [5.74, 6) is 0.404. The monoisotopic (exact) mass is 572 g/mol. The lowest BCUT2D eigenvalue weighted by molar-refractivity contribution is 0.712. The van der Waals surface area contributed by atoms with Crippen LogP contribution < -0.4 is 0 Å². The molecular formula is C38H32N6. The minimum absolute atomic E-state index is 0.404. The van der Waals surface area contributed by atoms with Crippen LogP contribution in [-0.2, 0) is 0 Å². The molecule has 44 heavy (non-hydrogen) atoms. The lowest BCUT2D eigenvalue weighted by Gasteiger charge is -2.15. The number of hydrogen-bond donors (Lipinski definition) is 0. The van der Waals surface area contributed by atoms with Gasteiger partial charge in [-0.3, -0.25) is 15.0 Å². The molecule has 0 aliphatic heterocycles. The number of pyridine rings is 4. The molecule has 0 saturated heterocycles. The third-order valence-electron chi connectivity index (χ3n) is 9.01. The molecule has 0 saturated carbocycles. The molecule has 1 atom stereocenters. The third-order valence-corrected chi connectivity index (χ3v) is 9.01. The molecule has 0 spiro atoms. The molecule has 8 aromatic rings. The fourth-order valence-corrected chi connectivity index (χ4v) is 6.58. The minimum atomic E-state index is 0.404. The van der Waals surface area contributed by atoms with E-state index >= 15 is 0 Å². The molecule has 0 bridgehead atoms. The Kier molecular flexibility index (Phi) is 6.05. The quantitative estimate of drug-likeness (QED) is 0.206. The number of aryl methyl sites for hydroxylation is 2. The second-order valence-electron chi connectivity index (χ2n) is 11.7. The van der Waals surface area contributed by atoms with Crippen LogP contribution in [0, 0.1) is 13.8 Å². The first-order valence-electron chi connectivity index (χ1n) is 15.2. The van der Waals surface area contributed by atoms with Gasteiger partial charge >= 0.3 is 0 Å². The molecule has 6 heterocycles. The van der Waals surface area contributed by atoms with Crippen LogP contribution in [0.5, 0.6) is 0 Å². The maximum Gasteiger partial charge on any atom is 0.115 e. The van der Waals surface area contributed by atoms with Crippen LogP contribution in [0.1, 0.15) is 43.0 Å². The van der Waals surface area contributed by atoms with Gasteiger partial charge < -0.3 is 9.13 Å². The summed E-state index contributed by atoms with van der Waals surface area (Å²) in [6.45, 7) is 8.82. The van der Waals surface area contributed by atoms with Crippen molar-refractivity contribution >= 4 is 44.1 Å². The van der Waals surface area contributed by atoms with Crippen molar-refractivity contribution in [2.24, 2.45) is 0 Å². The highest BCUT2D eigenvalue weighted by atomic mass is 15.0. The zero-order valence-electron chi connectivity index (χ0n) is 25.3. The Labute approximate surface area is 255 Å². The molecule has 6 heteroatoms. The van der Waals surface area contributed by atoms with E-state index in [1.807, 2.05) is 36.8 Å². The number of nitrogens with zero attached hydrogens (tertiary/aromatic N) is 6. The number of fused-ring (bicyclic) bond motifs is 6. The SMILES string of the molecule is CCC(C)c1ccc2c(n1)c1ncccc1n2-c1ccc(-c2ccc(-n3c4cccnc4c4ncccc43)cc2C)c(C)c1. The topological polar surface area (TPSA) is 61.4 Å². The van der Waals surface area contributed by atoms with E-state index in [1.54, 1.807) is 0 Å². The Morgan fingerprint density at radius 3 is 1.48 bits per heavy atom. The zero-order chi connectivity index (χ0) is 29.9. The van der Waals surface area contributed by atoms with Crippen LogP contribution >= 0.6 is 0 Å². The van der Waals surface area contributed by atoms with Crippen molar-refractivity contribution < 1.29 is 0 Å². The fraction of sp³-hybridized carbons (Fsp3) is 0.158. The molecule has 0 radical (unpaired) electrons. The summed E-state index contributed by atoms with van der Waals surface area (Å²) in [5, 5.41) is 0. The van der Waals surface area contributed by atoms with Crippen molar-refractivity contribution in [3.8, 4) is 22.5 Å². The fourth-order valence-electron chi connectivity index (χ4n) is 6.58. The van der Waals surface area contributed by atoms with E-state index in [1.165, 1.54) is 22.3 Å². The van der Waals surface area contributed by atoms with E-state index in [4.69, 9.17) is 9.97 Å². The first-order valence-corrected chi connectivity index (χ1v) is 15.2. The summed E-state index contributed by atoms with van der Waals surface area (Å²) in [4.78, 5) is 19.1. The van der Waals surface area contributed by atoms with E-state index in [2.05, 4.69) is 114 Å². The van der Waals surface area contributed by atoms with Crippen molar-refractivity contribution in [1.82, 2.24) is 29.1 Å². The highest BCUT2D eigenvalue weighted by Gasteiger charge is 2.18. The molecule has 1 unspecified atom stereocenters. The largest absolute Gasteiger partial charge is 0.306 e. The summed E-state index contributed by atoms with van der Waals surface area (Å²) < 4.78 is 4.55. The number of hydrogen-bond acceptors (Lipinski definition) is 4. The van der Waals surface area contributed by atoms with Gasteiger partial charge in [-0.2, -0.15) is 0 Å². The van der Waals surface area contributed by atoms with Gasteiger partial charge in [0.05, 0.1) is 22.1 Å². The molecule has 8 rings (SSSR count). The molecule has 2 aromatic carbocycles. The van der Waals surface area contributed by atoms with Crippen molar-refractivity contribution in [2.75, 3.05) is 0 Å². The summed E-state index contributed by atoms with van der Waals surface area (Å²) in [6.07, 6.45) is 6.58. The maximum absolute atomic E-state index is 5.09. The van der Waals surface area contributed by atoms with E-state index in [0.717, 1.165) is 67.6 Å². The molecular weight excluding hydrogens is 540 g/mol. The average molecular weight is 573 g/mol. The molecule has 0 fully saturated rings. The third kappa shape index (κ3) is 3.94. The van der Waals surface area contributed by atoms with Crippen molar-refractivity contribution in [3.63, 3.8) is 0 Å². The van der Waals surface area contributed by atoms with Crippen molar-refractivity contribution in [1.29, 1.82) is 0 Å². The van der Waals surface area contributed by atoms with Gasteiger partial charge in [0.25, 0.3) is 0 Å². The van der Waals surface area contributed by atoms with Gasteiger partial charge in [-0.25, -0.2) is 4.98 Å². The van der Waals surface area contributed by atoms with E-state index in [-0.39, 0.29) is 0 Å². The first-order chi connectivity index (χ1) is 21.5. The minimum Gasteiger partial charge on any atom is -0.306 e. The van der Waals surface area contributed by atoms with Gasteiger partial charge in [0, 0.05) is 35.7 Å². The molecule has 0 aliphatic rings. The van der Waals surface area contributed by atoms with Gasteiger partial charge in [-0.15, -0.1) is 0 Å². The Morgan fingerprint density at radius 2 is 1.02 bits per heavy atom. The number of benzene rings is 2. The first kappa shape index (κ1) is 26.3. The highest BCUT2D eigenvalue weighted by Crippen LogP contribution is 2.36. The van der Waals surface area contributed by atoms with Crippen LogP contribution in [0.25, 0.3) is 66.6 Å². The van der Waals surface area contributed by atoms with Crippen LogP contribution in [0.15, 0.2) is 104 Å². The smallest absolute Gasteiger partial charge is 0.115 e. The maximum atomic E-state index is 5.09. The molecule has 6 aromatic heterocycles. The van der Waals surface area contributed by atoms with Crippen molar-refractivity contribution in [3.05, 3.63) is 120 Å². The lowest BCUT2D eigenvalue weighted by Crippen LogP contribution is -1.99. The summed E-state index contributed by atoms with van der Waals surface area (Å²) in [7, 11) is 0. The van der Waals surface area contributed by atoms with E-state index in [0.29, 0.717) is 5.92 Å². The summed E-state index contributed by atoms with van der Waals surface area (Å²) in [6, 6.07) is 30.2. The standard InChI is InChI=1S/C38H32N6/c1-5-23(2)30-16-17-34-38(42-30)37-33(11-8-20-41-37)44(34)27-13-15-29(25(4)22-27)28-14-12-26(21-24(28)3)43-31-9-6-18-39-35(31)36-32(43)10-7-19-40-36/h6-23H,5H2,1-4H3. The van der Waals surface area contributed by atoms with Gasteiger partial charge in [0.1, 0.15) is 22.1 Å². The number of rotatable bonds is 5. The Hall–Kier alpha value is -5.36. The predicted molar refractivity (Wildman–Crippen MR) is 180 cm³/mol. The summed E-state index contributed by atoms with van der Waals surface area (Å²) >= 11 is 0. The van der Waals surface area contributed by atoms with Crippen molar-refractivity contribution in [2.45, 2.75) is 40.0 Å². The molecule has 0 amide bonds. The number of aromatic nitrogens is 6. The highest BCUT2D eigenvalue weighted by molar-refractivity contribution is 6.05. The van der Waals surface area contributed by atoms with E-state index in [9.17, 15) is 0 Å². The van der Waals surface area contributed by atoms with Gasteiger partial charge in [0.15, 0.2) is 0 Å². The normalized spacial score (nSPS) is 12.5. The Bertz CT molecular complexity index is 2320. The van der Waals surface area contributed by atoms with Crippen LogP contribution in [-0.4, -0.2) is 29.1 Å². The van der Waals surface area contributed by atoms with Gasteiger partial charge in [0.2, 0.25) is 0 Å². The van der Waals surface area contributed by atoms with Gasteiger partial charge in [-0.05, 0) is 121 Å². The second-order valence-corrected chi connectivity index (χ2v) is 11.7. The predicted octanol–water partition coefficient (Wildman–Crippen LogP) is 9.26. The summed E-state index contributed by atoms with van der Waals surface area (Å²) in [5.41, 5.74) is 16.2. The van der Waals surface area contributed by atoms with E-state index < -0.39 is 0 Å². The molecule has 6 nitrogen and oxygen atoms in total. The van der Waals surface area contributed by atoms with Gasteiger partial charge in [-0.1, -0.05) is 26.0 Å². The Balaban J connectivity index is 1.23. The average Bonchev–Trinajstić information content (AvgIpc) is 3.57. The molecule has 0 N–H and O–H groups in total. The van der Waals surface area contributed by atoms with Crippen LogP contribution in [0.2, 0.25) is 0 Å².